The molecule has 0 aliphatic rings. The van der Waals surface area contributed by atoms with Gasteiger partial charge in [-0.3, -0.25) is 0 Å². The molecular formula is C12H8ClN3S. The fraction of sp³-hybridized carbons (Fsp3) is 0. The van der Waals surface area contributed by atoms with E-state index in [4.69, 9.17) is 11.6 Å². The van der Waals surface area contributed by atoms with Crippen molar-refractivity contribution in [3.63, 3.8) is 0 Å². The standard InChI is InChI=1S/C12H8ClN3S/c13-8-5-6-14-11(7-8)16-12-15-9-3-1-2-4-10(9)17-12/h1-7H,(H,14,15,16). The summed E-state index contributed by atoms with van der Waals surface area (Å²) >= 11 is 7.49. The number of nitrogens with one attached hydrogen (secondary N) is 1. The van der Waals surface area contributed by atoms with Gasteiger partial charge < -0.3 is 5.32 Å². The number of hydrogen-bond acceptors (Lipinski definition) is 4. The lowest BCUT2D eigenvalue weighted by atomic mass is 10.3. The molecule has 0 saturated carbocycles. The zero-order valence-corrected chi connectivity index (χ0v) is 10.3. The molecule has 0 saturated heterocycles. The van der Waals surface area contributed by atoms with E-state index in [9.17, 15) is 0 Å². The highest BCUT2D eigenvalue weighted by atomic mass is 35.5. The van der Waals surface area contributed by atoms with E-state index in [0.29, 0.717) is 10.8 Å². The molecular weight excluding hydrogens is 254 g/mol. The van der Waals surface area contributed by atoms with Crippen LogP contribution in [0.5, 0.6) is 0 Å². The lowest BCUT2D eigenvalue weighted by molar-refractivity contribution is 1.30. The molecule has 5 heteroatoms. The number of nitrogens with zero attached hydrogens (tertiary/aromatic N) is 2. The maximum absolute atomic E-state index is 5.89. The van der Waals surface area contributed by atoms with Crippen molar-refractivity contribution >= 4 is 44.1 Å². The van der Waals surface area contributed by atoms with Crippen molar-refractivity contribution in [1.82, 2.24) is 9.97 Å². The van der Waals surface area contributed by atoms with Crippen molar-refractivity contribution in [3.8, 4) is 0 Å². The Balaban J connectivity index is 1.94. The topological polar surface area (TPSA) is 37.8 Å². The Bertz CT molecular complexity index is 632. The fourth-order valence-corrected chi connectivity index (χ4v) is 2.54. The highest BCUT2D eigenvalue weighted by molar-refractivity contribution is 7.22. The molecule has 2 heterocycles. The van der Waals surface area contributed by atoms with Gasteiger partial charge in [-0.2, -0.15) is 0 Å². The molecule has 3 nitrogen and oxygen atoms in total. The summed E-state index contributed by atoms with van der Waals surface area (Å²) in [4.78, 5) is 8.64. The average molecular weight is 262 g/mol. The Labute approximate surface area is 107 Å². The third-order valence-electron chi connectivity index (χ3n) is 2.25. The summed E-state index contributed by atoms with van der Waals surface area (Å²) in [5.74, 6) is 0.705. The lowest BCUT2D eigenvalue weighted by Crippen LogP contribution is -1.91. The Kier molecular flexibility index (Phi) is 2.66. The summed E-state index contributed by atoms with van der Waals surface area (Å²) in [5, 5.41) is 4.62. The molecule has 3 aromatic rings. The van der Waals surface area contributed by atoms with Gasteiger partial charge in [-0.05, 0) is 24.3 Å². The van der Waals surface area contributed by atoms with Crippen molar-refractivity contribution in [2.45, 2.75) is 0 Å². The maximum Gasteiger partial charge on any atom is 0.189 e. The van der Waals surface area contributed by atoms with Crippen LogP contribution in [0.15, 0.2) is 42.6 Å². The van der Waals surface area contributed by atoms with Crippen LogP contribution in [0.4, 0.5) is 10.9 Å². The molecule has 0 atom stereocenters. The highest BCUT2D eigenvalue weighted by Crippen LogP contribution is 2.27. The number of aromatic nitrogens is 2. The quantitative estimate of drug-likeness (QED) is 0.755. The van der Waals surface area contributed by atoms with E-state index < -0.39 is 0 Å². The third-order valence-corrected chi connectivity index (χ3v) is 3.44. The van der Waals surface area contributed by atoms with Crippen LogP contribution in [0.1, 0.15) is 0 Å². The summed E-state index contributed by atoms with van der Waals surface area (Å²) < 4.78 is 1.15. The van der Waals surface area contributed by atoms with Gasteiger partial charge in [-0.15, -0.1) is 0 Å². The van der Waals surface area contributed by atoms with E-state index in [0.717, 1.165) is 15.3 Å². The van der Waals surface area contributed by atoms with Gasteiger partial charge >= 0.3 is 0 Å². The molecule has 0 aliphatic carbocycles. The second-order valence-electron chi connectivity index (χ2n) is 3.47. The van der Waals surface area contributed by atoms with Gasteiger partial charge in [0.1, 0.15) is 5.82 Å². The van der Waals surface area contributed by atoms with Crippen LogP contribution in [0.3, 0.4) is 0 Å². The Morgan fingerprint density at radius 1 is 1.18 bits per heavy atom. The van der Waals surface area contributed by atoms with Gasteiger partial charge in [0.25, 0.3) is 0 Å². The van der Waals surface area contributed by atoms with Gasteiger partial charge in [-0.1, -0.05) is 35.1 Å². The second-order valence-corrected chi connectivity index (χ2v) is 4.94. The molecule has 0 amide bonds. The number of halogens is 1. The van der Waals surface area contributed by atoms with E-state index in [1.54, 1.807) is 29.7 Å². The first-order valence-electron chi connectivity index (χ1n) is 5.05. The number of benzene rings is 1. The van der Waals surface area contributed by atoms with Crippen LogP contribution in [-0.4, -0.2) is 9.97 Å². The van der Waals surface area contributed by atoms with E-state index >= 15 is 0 Å². The van der Waals surface area contributed by atoms with Gasteiger partial charge in [-0.25, -0.2) is 9.97 Å². The SMILES string of the molecule is Clc1ccnc(Nc2nc3ccccc3s2)c1. The smallest absolute Gasteiger partial charge is 0.189 e. The number of fused-ring (bicyclic) bond motifs is 1. The molecule has 0 fully saturated rings. The van der Waals surface area contributed by atoms with Crippen molar-refractivity contribution < 1.29 is 0 Å². The predicted molar refractivity (Wildman–Crippen MR) is 72.1 cm³/mol. The van der Waals surface area contributed by atoms with E-state index in [2.05, 4.69) is 15.3 Å². The zero-order valence-electron chi connectivity index (χ0n) is 8.72. The number of hydrogen-bond donors (Lipinski definition) is 1. The van der Waals surface area contributed by atoms with Crippen molar-refractivity contribution in [1.29, 1.82) is 0 Å². The summed E-state index contributed by atoms with van der Waals surface area (Å²) in [7, 11) is 0. The van der Waals surface area contributed by atoms with Crippen LogP contribution in [0.25, 0.3) is 10.2 Å². The molecule has 0 spiro atoms. The van der Waals surface area contributed by atoms with Crippen LogP contribution < -0.4 is 5.32 Å². The van der Waals surface area contributed by atoms with Crippen LogP contribution >= 0.6 is 22.9 Å². The number of anilines is 2. The maximum atomic E-state index is 5.89. The minimum Gasteiger partial charge on any atom is -0.316 e. The Morgan fingerprint density at radius 2 is 2.06 bits per heavy atom. The molecule has 0 unspecified atom stereocenters. The molecule has 1 N–H and O–H groups in total. The molecule has 1 aromatic carbocycles. The molecule has 0 radical (unpaired) electrons. The predicted octanol–water partition coefficient (Wildman–Crippen LogP) is 4.09. The summed E-state index contributed by atoms with van der Waals surface area (Å²) in [6.07, 6.45) is 1.66. The number of pyridine rings is 1. The first-order chi connectivity index (χ1) is 8.31. The van der Waals surface area contributed by atoms with Gasteiger partial charge in [0.2, 0.25) is 0 Å². The van der Waals surface area contributed by atoms with Crippen LogP contribution in [-0.2, 0) is 0 Å². The lowest BCUT2D eigenvalue weighted by Gasteiger charge is -2.00. The van der Waals surface area contributed by atoms with Crippen molar-refractivity contribution in [3.05, 3.63) is 47.6 Å². The highest BCUT2D eigenvalue weighted by Gasteiger charge is 2.03. The van der Waals surface area contributed by atoms with Crippen molar-refractivity contribution in [2.24, 2.45) is 0 Å². The number of rotatable bonds is 2. The summed E-state index contributed by atoms with van der Waals surface area (Å²) in [6, 6.07) is 11.5. The summed E-state index contributed by atoms with van der Waals surface area (Å²) in [5.41, 5.74) is 0.988. The van der Waals surface area contributed by atoms with Gasteiger partial charge in [0.05, 0.1) is 10.2 Å². The molecule has 0 aliphatic heterocycles. The molecule has 84 valence electrons. The van der Waals surface area contributed by atoms with E-state index in [1.165, 1.54) is 0 Å². The first kappa shape index (κ1) is 10.5. The van der Waals surface area contributed by atoms with Crippen molar-refractivity contribution in [2.75, 3.05) is 5.32 Å². The van der Waals surface area contributed by atoms with Gasteiger partial charge in [0, 0.05) is 11.2 Å². The van der Waals surface area contributed by atoms with E-state index in [1.807, 2.05) is 24.3 Å². The third kappa shape index (κ3) is 2.23. The minimum absolute atomic E-state index is 0.656. The zero-order chi connectivity index (χ0) is 11.7. The average Bonchev–Trinajstić information content (AvgIpc) is 2.71. The number of para-hydroxylation sites is 1. The normalized spacial score (nSPS) is 10.6. The van der Waals surface area contributed by atoms with Crippen LogP contribution in [0.2, 0.25) is 5.02 Å². The summed E-state index contributed by atoms with van der Waals surface area (Å²) in [6.45, 7) is 0. The van der Waals surface area contributed by atoms with Gasteiger partial charge in [0.15, 0.2) is 5.13 Å². The molecule has 2 aromatic heterocycles. The molecule has 0 bridgehead atoms. The van der Waals surface area contributed by atoms with E-state index in [-0.39, 0.29) is 0 Å². The fourth-order valence-electron chi connectivity index (χ4n) is 1.51. The minimum atomic E-state index is 0.656. The molecule has 3 rings (SSSR count). The Morgan fingerprint density at radius 3 is 2.88 bits per heavy atom. The molecule has 17 heavy (non-hydrogen) atoms. The second kappa shape index (κ2) is 4.31. The first-order valence-corrected chi connectivity index (χ1v) is 6.25. The monoisotopic (exact) mass is 261 g/mol. The Hall–Kier alpha value is -1.65. The van der Waals surface area contributed by atoms with Crippen LogP contribution in [0, 0.1) is 0 Å². The number of thiazole rings is 1. The largest absolute Gasteiger partial charge is 0.316 e.